The number of phenolic OH excluding ortho intramolecular Hbond substituents is 2. The van der Waals surface area contributed by atoms with Gasteiger partial charge < -0.3 is 156 Å². The van der Waals surface area contributed by atoms with Crippen LogP contribution in [0.3, 0.4) is 0 Å². The molecule has 18 amide bonds. The topological polar surface area (TPSA) is 913 Å². The standard InChI is InChI=1S/C75H115N27O26S2/c76-40(6-1-21-86-73(81)82)61(116)96-47(27-54(78)107)69(124)99-49(30-59(113)114)70(125)97-46(26-36-11-15-39(105)16-12-36)67(122)94-42(8-3-23-88-75(85)128)63(118)95-44(18-20-58(111)112)65(120)101-52(71(126)98-48(28-55(79)108)68(123)92-41(60(80)115)17-19-53(77)106)34-130-129-33-51-62(117)89-31-57(110)90-45(25-35-9-13-38(104)14-10-35)66(121)93-43(7-2-22-87-74(83)84)64(119)100-50(29-56(109)91-51)72(127)102-24-4-5-37(102)32-103/h9-16,32,37,40-52,74-75,87-88,104-105,128H,1-8,17-31,33-34,76,83-85H2,(H2,77,106)(H2,78,107)(H2,79,108)(H2,80,115)(H,89,117)(H,90,110)(H,91,109)(H,92,123)(H,93,121)(H,94,122)(H,95,118)(H,96,116)(H,97,125)(H,98,126)(H,99,124)(H,100,119)(H,101,120)(H,111,112)(H,113,114)(H4,81,82,86)/t37?,40?,41?,42?,43?,44?,45?,46?,47?,48?,49?,50-,51?,52?,75?/m0/s1. The number of nitrogens with one attached hydrogen (secondary N) is 17. The maximum absolute atomic E-state index is 15.0. The summed E-state index contributed by atoms with van der Waals surface area (Å²) in [4.78, 5) is 289. The van der Waals surface area contributed by atoms with Gasteiger partial charge in [-0.15, -0.1) is 0 Å². The number of carbonyl (C=O) groups is 21. The largest absolute Gasteiger partial charge is 0.508 e. The number of amides is 18. The predicted molar refractivity (Wildman–Crippen MR) is 458 cm³/mol. The third kappa shape index (κ3) is 41.3. The van der Waals surface area contributed by atoms with Crippen LogP contribution in [0.2, 0.25) is 0 Å². The van der Waals surface area contributed by atoms with Gasteiger partial charge in [0.05, 0.1) is 44.3 Å². The van der Waals surface area contributed by atoms with Gasteiger partial charge in [0.2, 0.25) is 106 Å². The van der Waals surface area contributed by atoms with Gasteiger partial charge in [0, 0.05) is 50.3 Å². The van der Waals surface area contributed by atoms with Gasteiger partial charge in [-0.1, -0.05) is 45.9 Å². The Morgan fingerprint density at radius 2 is 1.00 bits per heavy atom. The molecule has 0 bridgehead atoms. The lowest BCUT2D eigenvalue weighted by Gasteiger charge is -2.29. The molecule has 40 N–H and O–H groups in total. The van der Waals surface area contributed by atoms with Crippen molar-refractivity contribution in [3.05, 3.63) is 59.7 Å². The van der Waals surface area contributed by atoms with E-state index in [0.29, 0.717) is 39.9 Å². The lowest BCUT2D eigenvalue weighted by Crippen LogP contribution is -2.61. The number of nitrogens with two attached hydrogens (primary N) is 9. The minimum atomic E-state index is -2.18. The Balaban J connectivity index is 1.83. The van der Waals surface area contributed by atoms with Gasteiger partial charge in [-0.2, -0.15) is 0 Å². The molecule has 2 aromatic rings. The number of aliphatic hydroxyl groups excluding tert-OH is 1. The van der Waals surface area contributed by atoms with E-state index in [-0.39, 0.29) is 94.1 Å². The van der Waals surface area contributed by atoms with Crippen LogP contribution in [0.5, 0.6) is 11.5 Å². The van der Waals surface area contributed by atoms with Crippen LogP contribution in [0.1, 0.15) is 114 Å². The van der Waals surface area contributed by atoms with E-state index in [1.165, 1.54) is 36.4 Å². The third-order valence-electron chi connectivity index (χ3n) is 19.4. The molecule has 718 valence electrons. The van der Waals surface area contributed by atoms with E-state index in [2.05, 4.69) is 85.1 Å². The number of likely N-dealkylation sites (tertiary alicyclic amines) is 1. The van der Waals surface area contributed by atoms with Gasteiger partial charge >= 0.3 is 11.9 Å². The van der Waals surface area contributed by atoms with Crippen LogP contribution >= 0.6 is 21.6 Å². The van der Waals surface area contributed by atoms with Crippen LogP contribution in [0.4, 0.5) is 0 Å². The molecule has 2 saturated heterocycles. The predicted octanol–water partition coefficient (Wildman–Crippen LogP) is -13.6. The van der Waals surface area contributed by atoms with Crippen LogP contribution in [0.15, 0.2) is 48.5 Å². The normalized spacial score (nSPS) is 18.4. The first kappa shape index (κ1) is 109. The lowest BCUT2D eigenvalue weighted by molar-refractivity contribution is -0.142. The highest BCUT2D eigenvalue weighted by atomic mass is 33.1. The number of primary amides is 4. The number of aliphatic carboxylic acids is 2. The van der Waals surface area contributed by atoms with Crippen molar-refractivity contribution >= 4 is 152 Å². The summed E-state index contributed by atoms with van der Waals surface area (Å²) >= 11 is 0. The Kier molecular flexibility index (Phi) is 47.2. The molecule has 2 heterocycles. The molecule has 0 saturated carbocycles. The zero-order chi connectivity index (χ0) is 97.0. The zero-order valence-corrected chi connectivity index (χ0v) is 72.0. The highest BCUT2D eigenvalue weighted by molar-refractivity contribution is 8.76. The number of carbonyl (C=O) groups excluding carboxylic acids is 19. The second kappa shape index (κ2) is 56.2. The molecule has 15 atom stereocenters. The molecule has 53 nitrogen and oxygen atoms in total. The maximum atomic E-state index is 15.0. The first-order chi connectivity index (χ1) is 61.3. The number of carboxylic acid groups (broad SMARTS) is 2. The first-order valence-corrected chi connectivity index (χ1v) is 43.1. The third-order valence-corrected chi connectivity index (χ3v) is 21.9. The van der Waals surface area contributed by atoms with E-state index in [1.54, 1.807) is 0 Å². The Morgan fingerprint density at radius 3 is 1.55 bits per heavy atom. The van der Waals surface area contributed by atoms with Gasteiger partial charge in [-0.05, 0) is 113 Å². The molecular weight excluding hydrogens is 1760 g/mol. The van der Waals surface area contributed by atoms with Crippen molar-refractivity contribution in [1.29, 1.82) is 5.41 Å². The monoisotopic (exact) mass is 1870 g/mol. The number of rotatable bonds is 54. The molecule has 0 spiro atoms. The highest BCUT2D eigenvalue weighted by Crippen LogP contribution is 2.25. The molecule has 0 radical (unpaired) electrons. The van der Waals surface area contributed by atoms with Crippen molar-refractivity contribution in [3.63, 3.8) is 0 Å². The minimum absolute atomic E-state index is 0.0184. The Morgan fingerprint density at radius 1 is 0.508 bits per heavy atom. The number of benzene rings is 2. The highest BCUT2D eigenvalue weighted by Gasteiger charge is 2.41. The number of aldehydes is 1. The summed E-state index contributed by atoms with van der Waals surface area (Å²) in [5, 5.41) is 95.5. The first-order valence-electron chi connectivity index (χ1n) is 40.6. The van der Waals surface area contributed by atoms with Crippen molar-refractivity contribution in [1.82, 2.24) is 90.0 Å². The smallest absolute Gasteiger partial charge is 0.305 e. The molecule has 0 aliphatic carbocycles. The van der Waals surface area contributed by atoms with E-state index in [4.69, 9.17) is 57.0 Å². The summed E-state index contributed by atoms with van der Waals surface area (Å²) in [6, 6.07) is -14.8. The summed E-state index contributed by atoms with van der Waals surface area (Å²) in [6.07, 6.45) is -10.5. The number of aliphatic hydroxyl groups is 1. The van der Waals surface area contributed by atoms with Crippen molar-refractivity contribution in [3.8, 4) is 11.5 Å². The number of hydrogen-bond donors (Lipinski definition) is 31. The molecule has 2 aliphatic rings. The Hall–Kier alpha value is -13.2. The van der Waals surface area contributed by atoms with Gasteiger partial charge in [0.15, 0.2) is 12.3 Å². The number of aromatic hydroxyl groups is 2. The van der Waals surface area contributed by atoms with Crippen molar-refractivity contribution in [2.24, 2.45) is 51.6 Å². The van der Waals surface area contributed by atoms with E-state index in [0.717, 1.165) is 17.0 Å². The fourth-order valence-corrected chi connectivity index (χ4v) is 15.1. The van der Waals surface area contributed by atoms with Crippen LogP contribution in [0, 0.1) is 5.41 Å². The summed E-state index contributed by atoms with van der Waals surface area (Å²) < 4.78 is 0. The summed E-state index contributed by atoms with van der Waals surface area (Å²) in [5.74, 6) is -27.3. The van der Waals surface area contributed by atoms with Crippen LogP contribution in [-0.4, -0.2) is 302 Å². The van der Waals surface area contributed by atoms with Gasteiger partial charge in [0.1, 0.15) is 96.6 Å². The minimum Gasteiger partial charge on any atom is -0.508 e. The number of nitrogens with zero attached hydrogens (tertiary/aromatic N) is 1. The number of phenols is 2. The molecule has 14 unspecified atom stereocenters. The summed E-state index contributed by atoms with van der Waals surface area (Å²) in [6.45, 7) is -1.03. The van der Waals surface area contributed by atoms with Crippen molar-refractivity contribution < 1.29 is 126 Å². The van der Waals surface area contributed by atoms with Crippen LogP contribution < -0.4 is 137 Å². The van der Waals surface area contributed by atoms with Crippen molar-refractivity contribution in [2.45, 2.75) is 213 Å². The molecule has 2 fully saturated rings. The average molecular weight is 1880 g/mol. The van der Waals surface area contributed by atoms with Crippen LogP contribution in [0.25, 0.3) is 0 Å². The number of hydrogen-bond acceptors (Lipinski definition) is 33. The number of guanidine groups is 1. The van der Waals surface area contributed by atoms with Crippen molar-refractivity contribution in [2.75, 3.05) is 44.2 Å². The molecule has 55 heteroatoms. The van der Waals surface area contributed by atoms with Gasteiger partial charge in [-0.3, -0.25) is 118 Å². The second-order valence-electron chi connectivity index (χ2n) is 30.0. The molecule has 0 aromatic heterocycles. The number of carboxylic acids is 2. The fraction of sp³-hybridized carbons (Fsp3) is 0.547. The Bertz CT molecular complexity index is 4330. The lowest BCUT2D eigenvalue weighted by atomic mass is 10.0. The molecule has 4 rings (SSSR count). The zero-order valence-electron chi connectivity index (χ0n) is 70.4. The SMILES string of the molecule is N=C(N)NCCCC(N)C(=O)NC(CC(N)=O)C(=O)NC(CC(=O)O)C(=O)NC(Cc1ccc(O)cc1)C(=O)NC(CCCNC(N)O)C(=O)NC(CCC(=O)O)C(=O)NC(CSSCC1NC(=O)C[C@@H](C(=O)N2CCCC2C=O)NC(=O)C(CCCNC(N)N)NC(=O)C(Cc2ccc(O)cc2)NC(=O)CNC1=O)C(=O)NC(CC(N)=O)C(=O)NC(CCC(N)=O)C(N)=O. The van der Waals surface area contributed by atoms with E-state index >= 15 is 4.79 Å². The molecule has 2 aromatic carbocycles. The quantitative estimate of drug-likeness (QED) is 0.00730. The van der Waals surface area contributed by atoms with E-state index in [9.17, 15) is 121 Å². The average Bonchev–Trinajstić information content (AvgIpc) is 1.49. The maximum Gasteiger partial charge on any atom is 0.305 e. The summed E-state index contributed by atoms with van der Waals surface area (Å²) in [7, 11) is 1.20. The van der Waals surface area contributed by atoms with E-state index in [1.807, 2.05) is 0 Å². The molecule has 2 aliphatic heterocycles. The molecular formula is C75H115N27O26S2. The second-order valence-corrected chi connectivity index (χ2v) is 32.5. The van der Waals surface area contributed by atoms with Crippen LogP contribution in [-0.2, 0) is 114 Å². The Labute approximate surface area is 750 Å². The van der Waals surface area contributed by atoms with E-state index < -0.39 is 298 Å². The van der Waals surface area contributed by atoms with Gasteiger partial charge in [0.25, 0.3) is 0 Å². The van der Waals surface area contributed by atoms with Gasteiger partial charge in [-0.25, -0.2) is 0 Å². The fourth-order valence-electron chi connectivity index (χ4n) is 12.7. The molecule has 130 heavy (non-hydrogen) atoms. The summed E-state index contributed by atoms with van der Waals surface area (Å²) in [5.41, 5.74) is 50.3.